The Morgan fingerprint density at radius 2 is 0.839 bits per heavy atom. The Hall–Kier alpha value is -7.00. The second-order valence-electron chi connectivity index (χ2n) is 14.5. The first-order valence-corrected chi connectivity index (χ1v) is 20.0. The Morgan fingerprint density at radius 3 is 1.64 bits per heavy atom. The molecule has 0 spiro atoms. The third-order valence-electron chi connectivity index (χ3n) is 11.2. The van der Waals surface area contributed by atoms with Crippen LogP contribution in [0.4, 0.5) is 17.1 Å². The molecule has 0 bridgehead atoms. The minimum Gasteiger partial charge on any atom is -0.310 e. The van der Waals surface area contributed by atoms with E-state index in [-0.39, 0.29) is 0 Å². The van der Waals surface area contributed by atoms with Gasteiger partial charge in [0.2, 0.25) is 0 Å². The van der Waals surface area contributed by atoms with Crippen LogP contribution in [-0.2, 0) is 0 Å². The molecule has 0 unspecified atom stereocenters. The zero-order valence-electron chi connectivity index (χ0n) is 30.6. The standard InChI is InChI=1S/C54H35NS/c1-2-11-39-32-41(21-20-36(39)10-1)40-13-9-14-46(33-40)55(44-27-22-37(23-28-44)42-26-31-54-52(34-42)50-18-7-8-19-53(50)56-54)45-29-24-38(25-30-45)51-35-43-12-3-4-15-47(43)48-16-5-6-17-49(48)51/h1-35H. The van der Waals surface area contributed by atoms with Gasteiger partial charge < -0.3 is 4.90 Å². The predicted octanol–water partition coefficient (Wildman–Crippen LogP) is 16.0. The highest BCUT2D eigenvalue weighted by Gasteiger charge is 2.16. The van der Waals surface area contributed by atoms with Gasteiger partial charge in [0.25, 0.3) is 0 Å². The molecular weight excluding hydrogens is 695 g/mol. The number of nitrogens with zero attached hydrogens (tertiary/aromatic N) is 1. The zero-order chi connectivity index (χ0) is 37.0. The first-order valence-electron chi connectivity index (χ1n) is 19.2. The third kappa shape index (κ3) is 5.62. The normalized spacial score (nSPS) is 11.6. The molecule has 0 fully saturated rings. The van der Waals surface area contributed by atoms with Crippen LogP contribution >= 0.6 is 11.3 Å². The maximum atomic E-state index is 2.38. The van der Waals surface area contributed by atoms with Gasteiger partial charge in [0.1, 0.15) is 0 Å². The summed E-state index contributed by atoms with van der Waals surface area (Å²) in [5, 5.41) is 10.2. The van der Waals surface area contributed by atoms with Gasteiger partial charge in [-0.15, -0.1) is 11.3 Å². The van der Waals surface area contributed by atoms with Gasteiger partial charge in [0.05, 0.1) is 0 Å². The lowest BCUT2D eigenvalue weighted by Gasteiger charge is -2.26. The number of hydrogen-bond donors (Lipinski definition) is 0. The number of fused-ring (bicyclic) bond motifs is 7. The van der Waals surface area contributed by atoms with E-state index in [0.717, 1.165) is 17.1 Å². The van der Waals surface area contributed by atoms with E-state index in [2.05, 4.69) is 217 Å². The fourth-order valence-corrected chi connectivity index (χ4v) is 9.52. The summed E-state index contributed by atoms with van der Waals surface area (Å²) in [4.78, 5) is 2.38. The number of benzene rings is 10. The van der Waals surface area contributed by atoms with Crippen molar-refractivity contribution in [1.29, 1.82) is 0 Å². The molecule has 56 heavy (non-hydrogen) atoms. The molecule has 0 aliphatic heterocycles. The Kier molecular flexibility index (Phi) is 7.75. The maximum absolute atomic E-state index is 2.38. The van der Waals surface area contributed by atoms with Crippen LogP contribution in [0, 0.1) is 0 Å². The lowest BCUT2D eigenvalue weighted by molar-refractivity contribution is 1.28. The van der Waals surface area contributed by atoms with E-state index in [1.54, 1.807) is 0 Å². The molecule has 1 heterocycles. The smallest absolute Gasteiger partial charge is 0.0467 e. The lowest BCUT2D eigenvalue weighted by Crippen LogP contribution is -2.10. The Morgan fingerprint density at radius 1 is 0.268 bits per heavy atom. The van der Waals surface area contributed by atoms with Gasteiger partial charge in [-0.1, -0.05) is 146 Å². The molecule has 2 heteroatoms. The topological polar surface area (TPSA) is 3.24 Å². The predicted molar refractivity (Wildman–Crippen MR) is 243 cm³/mol. The Balaban J connectivity index is 1.02. The summed E-state index contributed by atoms with van der Waals surface area (Å²) in [6, 6.07) is 77.8. The van der Waals surface area contributed by atoms with Crippen LogP contribution < -0.4 is 4.90 Å². The van der Waals surface area contributed by atoms with Crippen LogP contribution in [0.25, 0.3) is 85.9 Å². The van der Waals surface area contributed by atoms with E-state index in [9.17, 15) is 0 Å². The molecule has 0 saturated carbocycles. The van der Waals surface area contributed by atoms with Gasteiger partial charge in [-0.05, 0) is 132 Å². The van der Waals surface area contributed by atoms with E-state index in [0.29, 0.717) is 0 Å². The van der Waals surface area contributed by atoms with Crippen molar-refractivity contribution in [1.82, 2.24) is 0 Å². The average Bonchev–Trinajstić information content (AvgIpc) is 3.65. The molecule has 262 valence electrons. The first kappa shape index (κ1) is 32.4. The SMILES string of the molecule is c1cc(-c2ccc3ccccc3c2)cc(N(c2ccc(-c3ccc4sc5ccccc5c4c3)cc2)c2ccc(-c3cc4ccccc4c4ccccc34)cc2)c1. The fraction of sp³-hybridized carbons (Fsp3) is 0. The van der Waals surface area contributed by atoms with Gasteiger partial charge >= 0.3 is 0 Å². The molecule has 0 atom stereocenters. The largest absolute Gasteiger partial charge is 0.310 e. The summed E-state index contributed by atoms with van der Waals surface area (Å²) in [5.74, 6) is 0. The van der Waals surface area contributed by atoms with Gasteiger partial charge in [0, 0.05) is 37.2 Å². The minimum absolute atomic E-state index is 1.11. The summed E-state index contributed by atoms with van der Waals surface area (Å²) in [6.07, 6.45) is 0. The van der Waals surface area contributed by atoms with Gasteiger partial charge in [0.15, 0.2) is 0 Å². The molecule has 0 saturated heterocycles. The molecule has 11 aromatic rings. The van der Waals surface area contributed by atoms with E-state index in [1.165, 1.54) is 85.9 Å². The van der Waals surface area contributed by atoms with Crippen molar-refractivity contribution in [2.24, 2.45) is 0 Å². The molecule has 11 rings (SSSR count). The number of anilines is 3. The first-order chi connectivity index (χ1) is 27.7. The molecule has 10 aromatic carbocycles. The summed E-state index contributed by atoms with van der Waals surface area (Å²) in [7, 11) is 0. The minimum atomic E-state index is 1.11. The van der Waals surface area contributed by atoms with Gasteiger partial charge in [-0.3, -0.25) is 0 Å². The lowest BCUT2D eigenvalue weighted by atomic mass is 9.93. The second-order valence-corrected chi connectivity index (χ2v) is 15.6. The van der Waals surface area contributed by atoms with E-state index in [1.807, 2.05) is 11.3 Å². The highest BCUT2D eigenvalue weighted by molar-refractivity contribution is 7.25. The molecule has 1 nitrogen and oxygen atoms in total. The summed E-state index contributed by atoms with van der Waals surface area (Å²) in [6.45, 7) is 0. The third-order valence-corrected chi connectivity index (χ3v) is 12.4. The van der Waals surface area contributed by atoms with Crippen molar-refractivity contribution >= 4 is 80.9 Å². The zero-order valence-corrected chi connectivity index (χ0v) is 31.4. The molecule has 0 aliphatic rings. The van der Waals surface area contributed by atoms with Crippen molar-refractivity contribution in [3.8, 4) is 33.4 Å². The Bertz CT molecular complexity index is 3250. The highest BCUT2D eigenvalue weighted by Crippen LogP contribution is 2.41. The molecule has 0 amide bonds. The van der Waals surface area contributed by atoms with Crippen molar-refractivity contribution < 1.29 is 0 Å². The summed E-state index contributed by atoms with van der Waals surface area (Å²) >= 11 is 1.86. The quantitative estimate of drug-likeness (QED) is 0.154. The van der Waals surface area contributed by atoms with Crippen LogP contribution in [-0.4, -0.2) is 0 Å². The highest BCUT2D eigenvalue weighted by atomic mass is 32.1. The monoisotopic (exact) mass is 729 g/mol. The fourth-order valence-electron chi connectivity index (χ4n) is 8.43. The molecular formula is C54H35NS. The summed E-state index contributed by atoms with van der Waals surface area (Å²) < 4.78 is 2.65. The summed E-state index contributed by atoms with van der Waals surface area (Å²) in [5.41, 5.74) is 10.6. The molecule has 0 aliphatic carbocycles. The molecule has 0 radical (unpaired) electrons. The van der Waals surface area contributed by atoms with Crippen LogP contribution in [0.3, 0.4) is 0 Å². The second kappa shape index (κ2) is 13.4. The van der Waals surface area contributed by atoms with Gasteiger partial charge in [-0.25, -0.2) is 0 Å². The Labute approximate surface area is 330 Å². The van der Waals surface area contributed by atoms with Crippen LogP contribution in [0.1, 0.15) is 0 Å². The van der Waals surface area contributed by atoms with Crippen molar-refractivity contribution in [2.45, 2.75) is 0 Å². The van der Waals surface area contributed by atoms with Crippen molar-refractivity contribution in [3.63, 3.8) is 0 Å². The van der Waals surface area contributed by atoms with Crippen LogP contribution in [0.2, 0.25) is 0 Å². The van der Waals surface area contributed by atoms with E-state index in [4.69, 9.17) is 0 Å². The van der Waals surface area contributed by atoms with Crippen molar-refractivity contribution in [3.05, 3.63) is 212 Å². The number of hydrogen-bond acceptors (Lipinski definition) is 2. The van der Waals surface area contributed by atoms with Crippen LogP contribution in [0.5, 0.6) is 0 Å². The van der Waals surface area contributed by atoms with E-state index < -0.39 is 0 Å². The maximum Gasteiger partial charge on any atom is 0.0467 e. The van der Waals surface area contributed by atoms with Gasteiger partial charge in [-0.2, -0.15) is 0 Å². The van der Waals surface area contributed by atoms with Crippen molar-refractivity contribution in [2.75, 3.05) is 4.90 Å². The molecule has 0 N–H and O–H groups in total. The molecule has 1 aromatic heterocycles. The number of thiophene rings is 1. The average molecular weight is 730 g/mol. The number of rotatable bonds is 6. The van der Waals surface area contributed by atoms with E-state index >= 15 is 0 Å². The van der Waals surface area contributed by atoms with Crippen LogP contribution in [0.15, 0.2) is 212 Å².